The van der Waals surface area contributed by atoms with Gasteiger partial charge in [-0.3, -0.25) is 15.2 Å². The van der Waals surface area contributed by atoms with Crippen molar-refractivity contribution in [1.29, 1.82) is 0 Å². The maximum absolute atomic E-state index is 12.5. The molecule has 1 saturated heterocycles. The topological polar surface area (TPSA) is 61.4 Å². The van der Waals surface area contributed by atoms with Crippen LogP contribution in [0, 0.1) is 0 Å². The number of pyridine rings is 1. The molecular weight excluding hydrogens is 334 g/mol. The normalized spacial score (nSPS) is 15.4. The summed E-state index contributed by atoms with van der Waals surface area (Å²) in [5, 5.41) is 3.59. The van der Waals surface area contributed by atoms with Crippen molar-refractivity contribution in [1.82, 2.24) is 19.8 Å². The summed E-state index contributed by atoms with van der Waals surface area (Å²) >= 11 is 1.50. The van der Waals surface area contributed by atoms with Crippen molar-refractivity contribution in [3.05, 3.63) is 54.4 Å². The van der Waals surface area contributed by atoms with Gasteiger partial charge in [-0.2, -0.15) is 0 Å². The number of fused-ring (bicyclic) bond motifs is 1. The number of hydrogen-bond acceptors (Lipinski definition) is 5. The first-order chi connectivity index (χ1) is 12.3. The molecule has 0 radical (unpaired) electrons. The molecule has 6 nitrogen and oxygen atoms in total. The SMILES string of the molecule is O=C(Nc1nc2ccccc2s1)N1CCN(Cc2cccnc2)CC1. The zero-order valence-electron chi connectivity index (χ0n) is 13.8. The van der Waals surface area contributed by atoms with E-state index >= 15 is 0 Å². The fourth-order valence-electron chi connectivity index (χ4n) is 2.96. The van der Waals surface area contributed by atoms with Crippen molar-refractivity contribution in [2.24, 2.45) is 0 Å². The van der Waals surface area contributed by atoms with Gasteiger partial charge < -0.3 is 4.90 Å². The largest absolute Gasteiger partial charge is 0.323 e. The van der Waals surface area contributed by atoms with Gasteiger partial charge in [0.05, 0.1) is 10.2 Å². The Morgan fingerprint density at radius 3 is 2.72 bits per heavy atom. The van der Waals surface area contributed by atoms with Crippen LogP contribution in [-0.4, -0.2) is 52.0 Å². The zero-order chi connectivity index (χ0) is 17.1. The predicted molar refractivity (Wildman–Crippen MR) is 99.7 cm³/mol. The average molecular weight is 353 g/mol. The maximum atomic E-state index is 12.5. The molecule has 25 heavy (non-hydrogen) atoms. The number of hydrogen-bond donors (Lipinski definition) is 1. The molecule has 4 rings (SSSR count). The van der Waals surface area contributed by atoms with Gasteiger partial charge in [0.2, 0.25) is 0 Å². The van der Waals surface area contributed by atoms with Crippen LogP contribution in [-0.2, 0) is 6.54 Å². The van der Waals surface area contributed by atoms with Gasteiger partial charge in [0.25, 0.3) is 0 Å². The number of para-hydroxylation sites is 1. The Morgan fingerprint density at radius 2 is 1.96 bits per heavy atom. The van der Waals surface area contributed by atoms with Gasteiger partial charge in [-0.25, -0.2) is 9.78 Å². The minimum absolute atomic E-state index is 0.0694. The summed E-state index contributed by atoms with van der Waals surface area (Å²) in [5.41, 5.74) is 2.12. The van der Waals surface area contributed by atoms with Crippen LogP contribution in [0.5, 0.6) is 0 Å². The molecule has 1 aliphatic heterocycles. The van der Waals surface area contributed by atoms with Crippen LogP contribution in [0.3, 0.4) is 0 Å². The van der Waals surface area contributed by atoms with E-state index < -0.39 is 0 Å². The highest BCUT2D eigenvalue weighted by atomic mass is 32.1. The van der Waals surface area contributed by atoms with E-state index in [0.29, 0.717) is 5.13 Å². The van der Waals surface area contributed by atoms with Gasteiger partial charge in [0, 0.05) is 45.1 Å². The number of benzene rings is 1. The molecule has 2 aromatic heterocycles. The lowest BCUT2D eigenvalue weighted by Gasteiger charge is -2.34. The Labute approximate surface area is 150 Å². The lowest BCUT2D eigenvalue weighted by molar-refractivity contribution is 0.143. The molecule has 0 bridgehead atoms. The van der Waals surface area contributed by atoms with Crippen LogP contribution in [0.1, 0.15) is 5.56 Å². The van der Waals surface area contributed by atoms with Gasteiger partial charge in [-0.05, 0) is 23.8 Å². The van der Waals surface area contributed by atoms with Gasteiger partial charge in [0.15, 0.2) is 5.13 Å². The Bertz CT molecular complexity index is 825. The Balaban J connectivity index is 1.32. The summed E-state index contributed by atoms with van der Waals surface area (Å²) in [6, 6.07) is 11.9. The first-order valence-electron chi connectivity index (χ1n) is 8.31. The number of aromatic nitrogens is 2. The second-order valence-corrected chi connectivity index (χ2v) is 7.07. The van der Waals surface area contributed by atoms with E-state index in [1.807, 2.05) is 41.4 Å². The van der Waals surface area contributed by atoms with E-state index in [4.69, 9.17) is 0 Å². The molecule has 0 unspecified atom stereocenters. The number of anilines is 1. The third-order valence-corrected chi connectivity index (χ3v) is 5.25. The summed E-state index contributed by atoms with van der Waals surface area (Å²) in [7, 11) is 0. The van der Waals surface area contributed by atoms with Crippen molar-refractivity contribution in [2.75, 3.05) is 31.5 Å². The molecule has 0 spiro atoms. The molecule has 1 aromatic carbocycles. The zero-order valence-corrected chi connectivity index (χ0v) is 14.6. The molecular formula is C18H19N5OS. The lowest BCUT2D eigenvalue weighted by atomic mass is 10.2. The van der Waals surface area contributed by atoms with Crippen molar-refractivity contribution in [2.45, 2.75) is 6.54 Å². The van der Waals surface area contributed by atoms with E-state index in [9.17, 15) is 4.79 Å². The van der Waals surface area contributed by atoms with E-state index in [2.05, 4.69) is 26.3 Å². The molecule has 3 heterocycles. The number of nitrogens with one attached hydrogen (secondary N) is 1. The van der Waals surface area contributed by atoms with E-state index in [1.54, 1.807) is 6.20 Å². The number of amides is 2. The Kier molecular flexibility index (Phi) is 4.58. The Morgan fingerprint density at radius 1 is 1.12 bits per heavy atom. The molecule has 1 aliphatic rings. The van der Waals surface area contributed by atoms with Gasteiger partial charge in [0.1, 0.15) is 0 Å². The van der Waals surface area contributed by atoms with Gasteiger partial charge in [-0.1, -0.05) is 29.5 Å². The molecule has 2 amide bonds. The number of thiazole rings is 1. The Hall–Kier alpha value is -2.51. The highest BCUT2D eigenvalue weighted by Crippen LogP contribution is 2.25. The standard InChI is InChI=1S/C18H19N5OS/c24-18(21-17-20-15-5-1-2-6-16(15)25-17)23-10-8-22(9-11-23)13-14-4-3-7-19-12-14/h1-7,12H,8-11,13H2,(H,20,21,24). The van der Waals surface area contributed by atoms with Crippen molar-refractivity contribution in [3.63, 3.8) is 0 Å². The first-order valence-corrected chi connectivity index (χ1v) is 9.12. The van der Waals surface area contributed by atoms with Gasteiger partial charge >= 0.3 is 6.03 Å². The van der Waals surface area contributed by atoms with Crippen molar-refractivity contribution in [3.8, 4) is 0 Å². The number of piperazine rings is 1. The molecule has 1 N–H and O–H groups in total. The smallest absolute Gasteiger partial charge is 0.322 e. The summed E-state index contributed by atoms with van der Waals surface area (Å²) < 4.78 is 1.08. The molecule has 0 aliphatic carbocycles. The number of carbonyl (C=O) groups is 1. The molecule has 0 atom stereocenters. The van der Waals surface area contributed by atoms with Crippen LogP contribution in [0.2, 0.25) is 0 Å². The number of urea groups is 1. The minimum Gasteiger partial charge on any atom is -0.322 e. The number of nitrogens with zero attached hydrogens (tertiary/aromatic N) is 4. The molecule has 0 saturated carbocycles. The van der Waals surface area contributed by atoms with Crippen molar-refractivity contribution < 1.29 is 4.79 Å². The molecule has 1 fully saturated rings. The fraction of sp³-hybridized carbons (Fsp3) is 0.278. The van der Waals surface area contributed by atoms with Crippen LogP contribution < -0.4 is 5.32 Å². The lowest BCUT2D eigenvalue weighted by Crippen LogP contribution is -2.49. The third kappa shape index (κ3) is 3.78. The molecule has 7 heteroatoms. The summed E-state index contributed by atoms with van der Waals surface area (Å²) in [6.45, 7) is 4.04. The number of carbonyl (C=O) groups excluding carboxylic acids is 1. The predicted octanol–water partition coefficient (Wildman–Crippen LogP) is 3.04. The van der Waals surface area contributed by atoms with E-state index in [0.717, 1.165) is 42.9 Å². The highest BCUT2D eigenvalue weighted by Gasteiger charge is 2.22. The van der Waals surface area contributed by atoms with Crippen molar-refractivity contribution >= 4 is 32.7 Å². The second-order valence-electron chi connectivity index (χ2n) is 6.04. The van der Waals surface area contributed by atoms with E-state index in [-0.39, 0.29) is 6.03 Å². The quantitative estimate of drug-likeness (QED) is 0.786. The summed E-state index contributed by atoms with van der Waals surface area (Å²) in [5.74, 6) is 0. The maximum Gasteiger partial charge on any atom is 0.323 e. The average Bonchev–Trinajstić information content (AvgIpc) is 3.05. The first kappa shape index (κ1) is 16.0. The highest BCUT2D eigenvalue weighted by molar-refractivity contribution is 7.22. The second kappa shape index (κ2) is 7.16. The van der Waals surface area contributed by atoms with E-state index in [1.165, 1.54) is 16.9 Å². The minimum atomic E-state index is -0.0694. The monoisotopic (exact) mass is 353 g/mol. The molecule has 128 valence electrons. The fourth-order valence-corrected chi connectivity index (χ4v) is 3.81. The summed E-state index contributed by atoms with van der Waals surface area (Å²) in [6.07, 6.45) is 3.68. The summed E-state index contributed by atoms with van der Waals surface area (Å²) in [4.78, 5) is 25.3. The molecule has 3 aromatic rings. The van der Waals surface area contributed by atoms with Crippen LogP contribution in [0.4, 0.5) is 9.93 Å². The van der Waals surface area contributed by atoms with Crippen LogP contribution >= 0.6 is 11.3 Å². The van der Waals surface area contributed by atoms with Gasteiger partial charge in [-0.15, -0.1) is 0 Å². The number of rotatable bonds is 3. The third-order valence-electron chi connectivity index (χ3n) is 4.30. The van der Waals surface area contributed by atoms with Crippen LogP contribution in [0.25, 0.3) is 10.2 Å². The van der Waals surface area contributed by atoms with Crippen LogP contribution in [0.15, 0.2) is 48.8 Å².